The molecule has 0 bridgehead atoms. The molecule has 0 fully saturated rings. The fourth-order valence-electron chi connectivity index (χ4n) is 1.48. The van der Waals surface area contributed by atoms with E-state index in [9.17, 15) is 23.3 Å². The largest absolute Gasteiger partial charge is 0.423 e. The summed E-state index contributed by atoms with van der Waals surface area (Å²) in [6.07, 6.45) is -3.05. The second-order valence-electron chi connectivity index (χ2n) is 3.81. The van der Waals surface area contributed by atoms with E-state index in [2.05, 4.69) is 21.2 Å². The topological polar surface area (TPSA) is 55.2 Å². The van der Waals surface area contributed by atoms with Crippen LogP contribution in [0.5, 0.6) is 0 Å². The number of hydrogen-bond acceptors (Lipinski definition) is 3. The van der Waals surface area contributed by atoms with Crippen molar-refractivity contribution in [2.75, 3.05) is 17.2 Å². The van der Waals surface area contributed by atoms with Gasteiger partial charge < -0.3 is 5.32 Å². The molecule has 0 saturated carbocycles. The van der Waals surface area contributed by atoms with Crippen LogP contribution in [0.25, 0.3) is 0 Å². The summed E-state index contributed by atoms with van der Waals surface area (Å²) in [6.45, 7) is 0.515. The molecule has 0 saturated heterocycles. The van der Waals surface area contributed by atoms with Crippen molar-refractivity contribution in [1.82, 2.24) is 0 Å². The Hall–Kier alpha value is -1.31. The third-order valence-corrected chi connectivity index (χ3v) is 2.95. The smallest absolute Gasteiger partial charge is 0.385 e. The van der Waals surface area contributed by atoms with Crippen LogP contribution < -0.4 is 5.32 Å². The number of unbranched alkanes of at least 4 members (excludes halogenated alkanes) is 1. The van der Waals surface area contributed by atoms with Crippen molar-refractivity contribution < 1.29 is 18.1 Å². The number of nitro benzene ring substituents is 1. The minimum absolute atomic E-state index is 0.229. The van der Waals surface area contributed by atoms with E-state index in [1.54, 1.807) is 0 Å². The van der Waals surface area contributed by atoms with Gasteiger partial charge in [0.05, 0.1) is 4.92 Å². The predicted octanol–water partition coefficient (Wildman–Crippen LogP) is 4.20. The Balaban J connectivity index is 2.90. The minimum Gasteiger partial charge on any atom is -0.385 e. The van der Waals surface area contributed by atoms with Crippen molar-refractivity contribution in [1.29, 1.82) is 0 Å². The average molecular weight is 341 g/mol. The SMILES string of the molecule is O=[N+]([O-])c1ccc(NCCCCBr)cc1C(F)(F)F. The van der Waals surface area contributed by atoms with Gasteiger partial charge in [-0.1, -0.05) is 15.9 Å². The fraction of sp³-hybridized carbons (Fsp3) is 0.455. The van der Waals surface area contributed by atoms with Gasteiger partial charge in [-0.25, -0.2) is 0 Å². The summed E-state index contributed by atoms with van der Waals surface area (Å²) >= 11 is 3.25. The number of nitrogens with zero attached hydrogens (tertiary/aromatic N) is 1. The van der Waals surface area contributed by atoms with E-state index < -0.39 is 22.4 Å². The number of nitro groups is 1. The number of halogens is 4. The van der Waals surface area contributed by atoms with Gasteiger partial charge in [-0.2, -0.15) is 13.2 Å². The first-order valence-corrected chi connectivity index (χ1v) is 6.64. The number of hydrogen-bond donors (Lipinski definition) is 1. The highest BCUT2D eigenvalue weighted by molar-refractivity contribution is 9.09. The molecule has 106 valence electrons. The molecule has 8 heteroatoms. The zero-order chi connectivity index (χ0) is 14.5. The Labute approximate surface area is 116 Å². The average Bonchev–Trinajstić information content (AvgIpc) is 2.33. The summed E-state index contributed by atoms with van der Waals surface area (Å²) in [4.78, 5) is 9.53. The third-order valence-electron chi connectivity index (χ3n) is 2.39. The maximum absolute atomic E-state index is 12.7. The van der Waals surface area contributed by atoms with Crippen LogP contribution in [0, 0.1) is 10.1 Å². The normalized spacial score (nSPS) is 11.4. The molecule has 0 atom stereocenters. The molecule has 0 unspecified atom stereocenters. The Morgan fingerprint density at radius 2 is 2.00 bits per heavy atom. The van der Waals surface area contributed by atoms with Gasteiger partial charge in [-0.15, -0.1) is 0 Å². The number of anilines is 1. The predicted molar refractivity (Wildman–Crippen MR) is 69.6 cm³/mol. The lowest BCUT2D eigenvalue weighted by Gasteiger charge is -2.11. The number of rotatable bonds is 6. The van der Waals surface area contributed by atoms with Gasteiger partial charge in [0.2, 0.25) is 0 Å². The van der Waals surface area contributed by atoms with Crippen molar-refractivity contribution in [3.8, 4) is 0 Å². The van der Waals surface area contributed by atoms with Crippen molar-refractivity contribution in [2.45, 2.75) is 19.0 Å². The van der Waals surface area contributed by atoms with Gasteiger partial charge in [0.1, 0.15) is 5.56 Å². The van der Waals surface area contributed by atoms with Gasteiger partial charge in [-0.3, -0.25) is 10.1 Å². The van der Waals surface area contributed by atoms with Crippen LogP contribution in [0.2, 0.25) is 0 Å². The van der Waals surface area contributed by atoms with Crippen LogP contribution in [0.4, 0.5) is 24.5 Å². The summed E-state index contributed by atoms with van der Waals surface area (Å²) in [6, 6.07) is 2.92. The molecule has 0 aliphatic rings. The van der Waals surface area contributed by atoms with Crippen LogP contribution >= 0.6 is 15.9 Å². The lowest BCUT2D eigenvalue weighted by atomic mass is 10.1. The number of alkyl halides is 4. The quantitative estimate of drug-likeness (QED) is 0.365. The van der Waals surface area contributed by atoms with Gasteiger partial charge in [0.15, 0.2) is 0 Å². The Kier molecular flexibility index (Phi) is 5.59. The number of nitrogens with one attached hydrogen (secondary N) is 1. The monoisotopic (exact) mass is 340 g/mol. The van der Waals surface area contributed by atoms with Gasteiger partial charge >= 0.3 is 6.18 Å². The molecule has 0 amide bonds. The lowest BCUT2D eigenvalue weighted by molar-refractivity contribution is -0.388. The second kappa shape index (κ2) is 6.74. The molecule has 19 heavy (non-hydrogen) atoms. The first-order chi connectivity index (χ1) is 8.86. The van der Waals surface area contributed by atoms with E-state index in [4.69, 9.17) is 0 Å². The highest BCUT2D eigenvalue weighted by Gasteiger charge is 2.38. The summed E-state index contributed by atoms with van der Waals surface area (Å²) in [5.41, 5.74) is -1.94. The molecular weight excluding hydrogens is 329 g/mol. The molecule has 0 aliphatic heterocycles. The maximum atomic E-state index is 12.7. The van der Waals surface area contributed by atoms with E-state index in [0.29, 0.717) is 6.54 Å². The van der Waals surface area contributed by atoms with Gasteiger partial charge in [0, 0.05) is 23.6 Å². The van der Waals surface area contributed by atoms with Crippen molar-refractivity contribution in [3.63, 3.8) is 0 Å². The van der Waals surface area contributed by atoms with Crippen LogP contribution in [-0.4, -0.2) is 16.8 Å². The molecule has 1 aromatic rings. The minimum atomic E-state index is -4.74. The van der Waals surface area contributed by atoms with Crippen molar-refractivity contribution in [2.24, 2.45) is 0 Å². The molecule has 1 rings (SSSR count). The standard InChI is InChI=1S/C11H12BrF3N2O2/c12-5-1-2-6-16-8-3-4-10(17(18)19)9(7-8)11(13,14)15/h3-4,7,16H,1-2,5-6H2. The maximum Gasteiger partial charge on any atom is 0.423 e. The van der Waals surface area contributed by atoms with Crippen LogP contribution in [0.1, 0.15) is 18.4 Å². The molecule has 0 radical (unpaired) electrons. The van der Waals surface area contributed by atoms with Crippen LogP contribution in [0.3, 0.4) is 0 Å². The molecule has 4 nitrogen and oxygen atoms in total. The molecule has 0 aromatic heterocycles. The van der Waals surface area contributed by atoms with E-state index in [-0.39, 0.29) is 5.69 Å². The number of benzene rings is 1. The molecule has 1 N–H and O–H groups in total. The van der Waals surface area contributed by atoms with E-state index in [0.717, 1.165) is 30.3 Å². The molecule has 1 aromatic carbocycles. The van der Waals surface area contributed by atoms with E-state index in [1.807, 2.05) is 0 Å². The second-order valence-corrected chi connectivity index (χ2v) is 4.60. The van der Waals surface area contributed by atoms with E-state index >= 15 is 0 Å². The molecular formula is C11H12BrF3N2O2. The summed E-state index contributed by atoms with van der Waals surface area (Å²) < 4.78 is 38.1. The van der Waals surface area contributed by atoms with E-state index in [1.165, 1.54) is 6.07 Å². The third kappa shape index (κ3) is 4.70. The van der Waals surface area contributed by atoms with Crippen LogP contribution in [0.15, 0.2) is 18.2 Å². The lowest BCUT2D eigenvalue weighted by Crippen LogP contribution is -2.10. The Morgan fingerprint density at radius 3 is 2.53 bits per heavy atom. The van der Waals surface area contributed by atoms with Crippen molar-refractivity contribution in [3.05, 3.63) is 33.9 Å². The Bertz CT molecular complexity index is 452. The van der Waals surface area contributed by atoms with Gasteiger partial charge in [-0.05, 0) is 25.0 Å². The highest BCUT2D eigenvalue weighted by Crippen LogP contribution is 2.37. The first-order valence-electron chi connectivity index (χ1n) is 5.51. The zero-order valence-electron chi connectivity index (χ0n) is 9.84. The van der Waals surface area contributed by atoms with Crippen LogP contribution in [-0.2, 0) is 6.18 Å². The van der Waals surface area contributed by atoms with Gasteiger partial charge in [0.25, 0.3) is 5.69 Å². The highest BCUT2D eigenvalue weighted by atomic mass is 79.9. The zero-order valence-corrected chi connectivity index (χ0v) is 11.4. The van der Waals surface area contributed by atoms with Crippen molar-refractivity contribution >= 4 is 27.3 Å². The Morgan fingerprint density at radius 1 is 1.32 bits per heavy atom. The molecule has 0 aliphatic carbocycles. The summed E-state index contributed by atoms with van der Waals surface area (Å²) in [5, 5.41) is 14.2. The summed E-state index contributed by atoms with van der Waals surface area (Å²) in [5.74, 6) is 0. The molecule has 0 heterocycles. The fourth-order valence-corrected chi connectivity index (χ4v) is 1.88. The molecule has 0 spiro atoms. The first kappa shape index (κ1) is 15.7. The summed E-state index contributed by atoms with van der Waals surface area (Å²) in [7, 11) is 0.